The van der Waals surface area contributed by atoms with Gasteiger partial charge in [0.05, 0.1) is 11.5 Å². The van der Waals surface area contributed by atoms with Crippen molar-refractivity contribution in [3.8, 4) is 0 Å². The maximum atomic E-state index is 12.3. The van der Waals surface area contributed by atoms with E-state index >= 15 is 0 Å². The second-order valence-electron chi connectivity index (χ2n) is 13.2. The van der Waals surface area contributed by atoms with Crippen LogP contribution in [0.15, 0.2) is 11.1 Å². The minimum Gasteiger partial charge on any atom is -0.481 e. The van der Waals surface area contributed by atoms with Crippen molar-refractivity contribution >= 4 is 5.97 Å². The summed E-state index contributed by atoms with van der Waals surface area (Å²) < 4.78 is 0. The topological polar surface area (TPSA) is 57.5 Å². The summed E-state index contributed by atoms with van der Waals surface area (Å²) in [4.78, 5) is 12.3. The third-order valence-electron chi connectivity index (χ3n) is 11.2. The molecule has 4 aliphatic carbocycles. The average molecular weight is 445 g/mol. The molecule has 3 heteroatoms. The van der Waals surface area contributed by atoms with Gasteiger partial charge in [-0.15, -0.1) is 0 Å². The van der Waals surface area contributed by atoms with Crippen LogP contribution in [-0.2, 0) is 4.79 Å². The summed E-state index contributed by atoms with van der Waals surface area (Å²) in [5.41, 5.74) is 2.68. The van der Waals surface area contributed by atoms with Crippen LogP contribution in [0, 0.1) is 45.8 Å². The van der Waals surface area contributed by atoms with E-state index in [2.05, 4.69) is 34.6 Å². The molecule has 32 heavy (non-hydrogen) atoms. The van der Waals surface area contributed by atoms with Crippen LogP contribution in [0.5, 0.6) is 0 Å². The number of hydrogen-bond donors (Lipinski definition) is 2. The number of allylic oxidation sites excluding steroid dienone is 2. The van der Waals surface area contributed by atoms with Crippen molar-refractivity contribution in [3.63, 3.8) is 0 Å². The maximum absolute atomic E-state index is 12.3. The van der Waals surface area contributed by atoms with E-state index in [9.17, 15) is 15.0 Å². The lowest BCUT2D eigenvalue weighted by atomic mass is 9.45. The molecule has 2 saturated carbocycles. The van der Waals surface area contributed by atoms with Gasteiger partial charge in [0.1, 0.15) is 0 Å². The normalized spacial score (nSPS) is 44.8. The molecule has 8 atom stereocenters. The number of rotatable bonds is 6. The Morgan fingerprint density at radius 1 is 1.00 bits per heavy atom. The molecule has 0 saturated heterocycles. The summed E-state index contributed by atoms with van der Waals surface area (Å²) in [6, 6.07) is 0. The van der Waals surface area contributed by atoms with Crippen LogP contribution in [-0.4, -0.2) is 22.3 Å². The van der Waals surface area contributed by atoms with Crippen LogP contribution < -0.4 is 0 Å². The maximum Gasteiger partial charge on any atom is 0.312 e. The van der Waals surface area contributed by atoms with Gasteiger partial charge in [-0.05, 0) is 98.7 Å². The standard InChI is InChI=1S/C29H48O3/c1-18(2)8-7-9-19(3)21-11-12-22-20-10-13-24-28(5,23(20)14-16-27(21,22)4)17-15-25(30)29(24,6)26(31)32/h18-19,21-22,24-25,30H,7-17H2,1-6H3,(H,31,32)/t19-,21-,22+,24-,25+,27-,28-,29-/m1/s1. The largest absolute Gasteiger partial charge is 0.481 e. The smallest absolute Gasteiger partial charge is 0.312 e. The minimum atomic E-state index is -1.02. The Morgan fingerprint density at radius 3 is 2.38 bits per heavy atom. The molecule has 4 rings (SSSR count). The molecule has 0 unspecified atom stereocenters. The fourth-order valence-corrected chi connectivity index (χ4v) is 9.30. The van der Waals surface area contributed by atoms with Crippen molar-refractivity contribution in [2.75, 3.05) is 0 Å². The van der Waals surface area contributed by atoms with E-state index in [1.807, 2.05) is 6.92 Å². The van der Waals surface area contributed by atoms with Crippen LogP contribution >= 0.6 is 0 Å². The lowest BCUT2D eigenvalue weighted by molar-refractivity contribution is -0.175. The van der Waals surface area contributed by atoms with Crippen molar-refractivity contribution in [2.45, 2.75) is 118 Å². The Kier molecular flexibility index (Phi) is 6.40. The van der Waals surface area contributed by atoms with E-state index < -0.39 is 17.5 Å². The Labute approximate surface area is 196 Å². The van der Waals surface area contributed by atoms with Gasteiger partial charge < -0.3 is 10.2 Å². The number of carboxylic acids is 1. The van der Waals surface area contributed by atoms with Gasteiger partial charge in [-0.3, -0.25) is 4.79 Å². The monoisotopic (exact) mass is 444 g/mol. The number of carboxylic acid groups (broad SMARTS) is 1. The van der Waals surface area contributed by atoms with Gasteiger partial charge in [0, 0.05) is 0 Å². The molecule has 0 bridgehead atoms. The first-order valence-electron chi connectivity index (χ1n) is 13.6. The first kappa shape index (κ1) is 24.3. The lowest BCUT2D eigenvalue weighted by Gasteiger charge is -2.59. The second-order valence-corrected chi connectivity index (χ2v) is 13.2. The molecule has 0 radical (unpaired) electrons. The van der Waals surface area contributed by atoms with Crippen LogP contribution in [0.3, 0.4) is 0 Å². The van der Waals surface area contributed by atoms with Crippen molar-refractivity contribution in [2.24, 2.45) is 45.8 Å². The van der Waals surface area contributed by atoms with Gasteiger partial charge in [0.25, 0.3) is 0 Å². The van der Waals surface area contributed by atoms with Gasteiger partial charge in [-0.25, -0.2) is 0 Å². The van der Waals surface area contributed by atoms with Gasteiger partial charge >= 0.3 is 5.97 Å². The molecule has 2 N–H and O–H groups in total. The molecule has 0 amide bonds. The van der Waals surface area contributed by atoms with Crippen molar-refractivity contribution in [3.05, 3.63) is 11.1 Å². The zero-order valence-corrected chi connectivity index (χ0v) is 21.5. The predicted octanol–water partition coefficient (Wildman–Crippen LogP) is 7.23. The summed E-state index contributed by atoms with van der Waals surface area (Å²) in [7, 11) is 0. The van der Waals surface area contributed by atoms with Gasteiger partial charge in [0.15, 0.2) is 0 Å². The average Bonchev–Trinajstić information content (AvgIpc) is 3.08. The van der Waals surface area contributed by atoms with Crippen LogP contribution in [0.2, 0.25) is 0 Å². The fraction of sp³-hybridized carbons (Fsp3) is 0.897. The van der Waals surface area contributed by atoms with Crippen LogP contribution in [0.4, 0.5) is 0 Å². The molecule has 0 aromatic heterocycles. The third-order valence-corrected chi connectivity index (χ3v) is 11.2. The molecular weight excluding hydrogens is 396 g/mol. The molecule has 3 nitrogen and oxygen atoms in total. The van der Waals surface area contributed by atoms with Gasteiger partial charge in [0.2, 0.25) is 0 Å². The highest BCUT2D eigenvalue weighted by atomic mass is 16.4. The van der Waals surface area contributed by atoms with Gasteiger partial charge in [-0.1, -0.05) is 65.0 Å². The van der Waals surface area contributed by atoms with E-state index in [-0.39, 0.29) is 11.3 Å². The van der Waals surface area contributed by atoms with E-state index in [0.717, 1.165) is 43.4 Å². The summed E-state index contributed by atoms with van der Waals surface area (Å²) in [6.45, 7) is 14.0. The highest BCUT2D eigenvalue weighted by Gasteiger charge is 2.62. The minimum absolute atomic E-state index is 0.0477. The predicted molar refractivity (Wildman–Crippen MR) is 130 cm³/mol. The van der Waals surface area contributed by atoms with Crippen molar-refractivity contribution in [1.29, 1.82) is 0 Å². The van der Waals surface area contributed by atoms with Crippen molar-refractivity contribution < 1.29 is 15.0 Å². The van der Waals surface area contributed by atoms with Crippen LogP contribution in [0.1, 0.15) is 112 Å². The number of carbonyl (C=O) groups is 1. The van der Waals surface area contributed by atoms with E-state index in [1.54, 1.807) is 11.1 Å². The zero-order valence-electron chi connectivity index (χ0n) is 21.5. The quantitative estimate of drug-likeness (QED) is 0.425. The van der Waals surface area contributed by atoms with E-state index in [4.69, 9.17) is 0 Å². The third kappa shape index (κ3) is 3.51. The molecule has 0 aliphatic heterocycles. The SMILES string of the molecule is CC(C)CCC[C@@H](C)[C@H]1CC[C@H]2C3=C(CC[C@]12C)[C@@]1(C)CC[C@H](O)[C@](C)(C(=O)O)[C@@H]1CC3. The molecule has 0 heterocycles. The van der Waals surface area contributed by atoms with Crippen molar-refractivity contribution in [1.82, 2.24) is 0 Å². The molecule has 0 aromatic rings. The molecule has 0 aromatic carbocycles. The number of aliphatic hydroxyl groups is 1. The van der Waals surface area contributed by atoms with E-state index in [0.29, 0.717) is 17.8 Å². The lowest BCUT2D eigenvalue weighted by Crippen LogP contribution is -2.58. The Balaban J connectivity index is 1.60. The van der Waals surface area contributed by atoms with Crippen LogP contribution in [0.25, 0.3) is 0 Å². The number of aliphatic hydroxyl groups excluding tert-OH is 1. The summed E-state index contributed by atoms with van der Waals surface area (Å²) >= 11 is 0. The number of hydrogen-bond acceptors (Lipinski definition) is 2. The first-order valence-corrected chi connectivity index (χ1v) is 13.6. The molecular formula is C29H48O3. The summed E-state index contributed by atoms with van der Waals surface area (Å²) in [6.07, 6.45) is 12.0. The highest BCUT2D eigenvalue weighted by molar-refractivity contribution is 5.76. The zero-order chi connectivity index (χ0) is 23.5. The first-order chi connectivity index (χ1) is 15.0. The van der Waals surface area contributed by atoms with E-state index in [1.165, 1.54) is 38.5 Å². The molecule has 4 aliphatic rings. The second kappa shape index (κ2) is 8.43. The summed E-state index contributed by atoms with van der Waals surface area (Å²) in [5, 5.41) is 20.9. The van der Waals surface area contributed by atoms with Gasteiger partial charge in [-0.2, -0.15) is 0 Å². The molecule has 0 spiro atoms. The Bertz CT molecular complexity index is 768. The number of aliphatic carboxylic acids is 1. The molecule has 2 fully saturated rings. The number of fused-ring (bicyclic) bond motifs is 4. The Morgan fingerprint density at radius 2 is 1.72 bits per heavy atom. The molecule has 182 valence electrons. The fourth-order valence-electron chi connectivity index (χ4n) is 9.30. The highest BCUT2D eigenvalue weighted by Crippen LogP contribution is 2.68. The Hall–Kier alpha value is -0.830. The summed E-state index contributed by atoms with van der Waals surface area (Å²) in [5.74, 6) is 2.38.